The van der Waals surface area contributed by atoms with E-state index in [9.17, 15) is 13.2 Å². The molecule has 0 saturated heterocycles. The lowest BCUT2D eigenvalue weighted by Crippen LogP contribution is -2.27. The van der Waals surface area contributed by atoms with Crippen molar-refractivity contribution in [3.05, 3.63) is 58.6 Å². The second kappa shape index (κ2) is 8.44. The van der Waals surface area contributed by atoms with E-state index in [0.29, 0.717) is 10.7 Å². The van der Waals surface area contributed by atoms with Crippen LogP contribution in [0.1, 0.15) is 15.9 Å². The molecule has 2 N–H and O–H groups in total. The molecule has 0 aliphatic rings. The summed E-state index contributed by atoms with van der Waals surface area (Å²) in [6.07, 6.45) is 0. The highest BCUT2D eigenvalue weighted by atomic mass is 35.5. The highest BCUT2D eigenvalue weighted by Crippen LogP contribution is 2.21. The number of anilines is 1. The zero-order chi connectivity index (χ0) is 18.4. The minimum absolute atomic E-state index is 0.0130. The minimum Gasteiger partial charge on any atom is -0.383 e. The van der Waals surface area contributed by atoms with Gasteiger partial charge in [0, 0.05) is 29.9 Å². The van der Waals surface area contributed by atoms with E-state index in [0.717, 1.165) is 5.56 Å². The molecule has 134 valence electrons. The van der Waals surface area contributed by atoms with Gasteiger partial charge in [-0.05, 0) is 42.8 Å². The summed E-state index contributed by atoms with van der Waals surface area (Å²) in [6, 6.07) is 11.0. The summed E-state index contributed by atoms with van der Waals surface area (Å²) in [4.78, 5) is 12.4. The van der Waals surface area contributed by atoms with Crippen LogP contribution < -0.4 is 10.0 Å². The van der Waals surface area contributed by atoms with Crippen molar-refractivity contribution in [3.63, 3.8) is 0 Å². The number of methoxy groups -OCH3 is 1. The molecule has 0 heterocycles. The molecule has 2 aromatic rings. The molecule has 25 heavy (non-hydrogen) atoms. The maximum absolute atomic E-state index is 12.4. The molecule has 2 aromatic carbocycles. The van der Waals surface area contributed by atoms with E-state index in [2.05, 4.69) is 10.0 Å². The number of amides is 1. The number of rotatable bonds is 7. The number of ether oxygens (including phenoxy) is 1. The molecule has 8 heteroatoms. The number of carbonyl (C=O) groups excluding carboxylic acids is 1. The summed E-state index contributed by atoms with van der Waals surface area (Å²) >= 11 is 5.94. The number of aryl methyl sites for hydroxylation is 1. The third kappa shape index (κ3) is 5.27. The summed E-state index contributed by atoms with van der Waals surface area (Å²) < 4.78 is 31.7. The van der Waals surface area contributed by atoms with Crippen LogP contribution in [0.15, 0.2) is 47.4 Å². The normalized spacial score (nSPS) is 11.3. The van der Waals surface area contributed by atoms with Gasteiger partial charge in [0.25, 0.3) is 5.91 Å². The lowest BCUT2D eigenvalue weighted by atomic mass is 10.1. The summed E-state index contributed by atoms with van der Waals surface area (Å²) in [5, 5.41) is 3.24. The molecule has 0 aliphatic heterocycles. The quantitative estimate of drug-likeness (QED) is 0.721. The van der Waals surface area contributed by atoms with Crippen molar-refractivity contribution < 1.29 is 17.9 Å². The monoisotopic (exact) mass is 382 g/mol. The zero-order valence-electron chi connectivity index (χ0n) is 13.9. The average Bonchev–Trinajstić information content (AvgIpc) is 2.58. The first-order valence-electron chi connectivity index (χ1n) is 7.49. The molecule has 0 fully saturated rings. The van der Waals surface area contributed by atoms with Gasteiger partial charge in [0.1, 0.15) is 0 Å². The summed E-state index contributed by atoms with van der Waals surface area (Å²) in [5.74, 6) is -0.417. The average molecular weight is 383 g/mol. The predicted molar refractivity (Wildman–Crippen MR) is 97.6 cm³/mol. The Balaban J connectivity index is 2.20. The second-order valence-corrected chi connectivity index (χ2v) is 7.54. The minimum atomic E-state index is -3.71. The third-order valence-corrected chi connectivity index (χ3v) is 5.15. The molecule has 2 rings (SSSR count). The second-order valence-electron chi connectivity index (χ2n) is 5.33. The molecular weight excluding hydrogens is 364 g/mol. The first kappa shape index (κ1) is 19.4. The summed E-state index contributed by atoms with van der Waals surface area (Å²) in [7, 11) is -2.22. The Hall–Kier alpha value is -1.93. The van der Waals surface area contributed by atoms with Gasteiger partial charge in [0.2, 0.25) is 10.0 Å². The smallest absolute Gasteiger partial charge is 0.255 e. The van der Waals surface area contributed by atoms with Crippen LogP contribution in [0.4, 0.5) is 5.69 Å². The van der Waals surface area contributed by atoms with E-state index in [-0.39, 0.29) is 23.6 Å². The van der Waals surface area contributed by atoms with Crippen molar-refractivity contribution in [3.8, 4) is 0 Å². The van der Waals surface area contributed by atoms with Gasteiger partial charge in [-0.1, -0.05) is 23.7 Å². The molecule has 0 aliphatic carbocycles. The first-order chi connectivity index (χ1) is 11.8. The Morgan fingerprint density at radius 2 is 1.96 bits per heavy atom. The van der Waals surface area contributed by atoms with Gasteiger partial charge >= 0.3 is 0 Å². The van der Waals surface area contributed by atoms with E-state index in [4.69, 9.17) is 16.3 Å². The van der Waals surface area contributed by atoms with Crippen molar-refractivity contribution in [1.29, 1.82) is 0 Å². The Bertz CT molecular complexity index is 869. The first-order valence-corrected chi connectivity index (χ1v) is 9.36. The van der Waals surface area contributed by atoms with E-state index in [1.807, 2.05) is 6.92 Å². The van der Waals surface area contributed by atoms with Gasteiger partial charge in [0.05, 0.1) is 11.5 Å². The van der Waals surface area contributed by atoms with E-state index < -0.39 is 15.9 Å². The molecular formula is C17H19ClN2O4S. The Morgan fingerprint density at radius 1 is 1.20 bits per heavy atom. The summed E-state index contributed by atoms with van der Waals surface area (Å²) in [6.45, 7) is 2.25. The number of hydrogen-bond donors (Lipinski definition) is 2. The third-order valence-electron chi connectivity index (χ3n) is 3.45. The molecule has 0 aromatic heterocycles. The standard InChI is InChI=1S/C17H19ClN2O4S/c1-12-6-7-14(18)11-16(12)20-17(21)13-4-3-5-15(10-13)25(22,23)19-8-9-24-2/h3-7,10-11,19H,8-9H2,1-2H3,(H,20,21). The fourth-order valence-electron chi connectivity index (χ4n) is 2.09. The van der Waals surface area contributed by atoms with Gasteiger partial charge in [-0.3, -0.25) is 4.79 Å². The predicted octanol–water partition coefficient (Wildman–Crippen LogP) is 2.83. The van der Waals surface area contributed by atoms with Crippen molar-refractivity contribution >= 4 is 33.2 Å². The van der Waals surface area contributed by atoms with Crippen molar-refractivity contribution in [2.75, 3.05) is 25.6 Å². The Labute approximate surface area is 152 Å². The van der Waals surface area contributed by atoms with Crippen LogP contribution in [0.25, 0.3) is 0 Å². The van der Waals surface area contributed by atoms with Crippen LogP contribution in [-0.2, 0) is 14.8 Å². The number of nitrogens with one attached hydrogen (secondary N) is 2. The number of hydrogen-bond acceptors (Lipinski definition) is 4. The Kier molecular flexibility index (Phi) is 6.55. The highest BCUT2D eigenvalue weighted by Gasteiger charge is 2.16. The van der Waals surface area contributed by atoms with Crippen molar-refractivity contribution in [1.82, 2.24) is 4.72 Å². The number of benzene rings is 2. The largest absolute Gasteiger partial charge is 0.383 e. The van der Waals surface area contributed by atoms with Crippen LogP contribution in [0, 0.1) is 6.92 Å². The van der Waals surface area contributed by atoms with E-state index >= 15 is 0 Å². The lowest BCUT2D eigenvalue weighted by Gasteiger charge is -2.10. The van der Waals surface area contributed by atoms with Gasteiger partial charge in [0.15, 0.2) is 0 Å². The zero-order valence-corrected chi connectivity index (χ0v) is 15.4. The van der Waals surface area contributed by atoms with E-state index in [1.165, 1.54) is 25.3 Å². The Morgan fingerprint density at radius 3 is 2.68 bits per heavy atom. The van der Waals surface area contributed by atoms with Crippen LogP contribution in [0.3, 0.4) is 0 Å². The molecule has 6 nitrogen and oxygen atoms in total. The highest BCUT2D eigenvalue weighted by molar-refractivity contribution is 7.89. The molecule has 0 bridgehead atoms. The van der Waals surface area contributed by atoms with Crippen LogP contribution in [0.5, 0.6) is 0 Å². The maximum atomic E-state index is 12.4. The fourth-order valence-corrected chi connectivity index (χ4v) is 3.32. The SMILES string of the molecule is COCCNS(=O)(=O)c1cccc(C(=O)Nc2cc(Cl)ccc2C)c1. The molecule has 0 radical (unpaired) electrons. The summed E-state index contributed by atoms with van der Waals surface area (Å²) in [5.41, 5.74) is 1.65. The molecule has 0 spiro atoms. The van der Waals surface area contributed by atoms with Crippen LogP contribution >= 0.6 is 11.6 Å². The van der Waals surface area contributed by atoms with Gasteiger partial charge in [-0.25, -0.2) is 13.1 Å². The van der Waals surface area contributed by atoms with Gasteiger partial charge in [-0.15, -0.1) is 0 Å². The van der Waals surface area contributed by atoms with E-state index in [1.54, 1.807) is 24.3 Å². The van der Waals surface area contributed by atoms with Gasteiger partial charge < -0.3 is 10.1 Å². The number of halogens is 1. The number of sulfonamides is 1. The van der Waals surface area contributed by atoms with Crippen molar-refractivity contribution in [2.45, 2.75) is 11.8 Å². The molecule has 0 atom stereocenters. The van der Waals surface area contributed by atoms with Crippen molar-refractivity contribution in [2.24, 2.45) is 0 Å². The fraction of sp³-hybridized carbons (Fsp3) is 0.235. The maximum Gasteiger partial charge on any atom is 0.255 e. The molecule has 0 unspecified atom stereocenters. The van der Waals surface area contributed by atoms with Crippen LogP contribution in [0.2, 0.25) is 5.02 Å². The topological polar surface area (TPSA) is 84.5 Å². The molecule has 1 amide bonds. The van der Waals surface area contributed by atoms with Gasteiger partial charge in [-0.2, -0.15) is 0 Å². The lowest BCUT2D eigenvalue weighted by molar-refractivity contribution is 0.102. The number of carbonyl (C=O) groups is 1. The van der Waals surface area contributed by atoms with Crippen LogP contribution in [-0.4, -0.2) is 34.6 Å². The molecule has 0 saturated carbocycles.